The summed E-state index contributed by atoms with van der Waals surface area (Å²) >= 11 is 0. The van der Waals surface area contributed by atoms with Gasteiger partial charge in [-0.3, -0.25) is 0 Å². The first-order valence-electron chi connectivity index (χ1n) is 13.3. The molecule has 0 heterocycles. The van der Waals surface area contributed by atoms with Crippen molar-refractivity contribution in [3.8, 4) is 0 Å². The average Bonchev–Trinajstić information content (AvgIpc) is 2.88. The van der Waals surface area contributed by atoms with Gasteiger partial charge in [-0.05, 0) is 101 Å². The molecule has 0 radical (unpaired) electrons. The zero-order valence-corrected chi connectivity index (χ0v) is 22.2. The van der Waals surface area contributed by atoms with Crippen LogP contribution in [-0.4, -0.2) is 36.9 Å². The number of hydrogen-bond donors (Lipinski definition) is 1. The van der Waals surface area contributed by atoms with Gasteiger partial charge in [0.05, 0.1) is 25.4 Å². The molecular formula is C31H44O5. The first-order chi connectivity index (χ1) is 17.3. The molecule has 1 N–H and O–H groups in total. The minimum atomic E-state index is -0.557. The Labute approximate surface area is 217 Å². The van der Waals surface area contributed by atoms with Crippen molar-refractivity contribution >= 4 is 11.9 Å². The van der Waals surface area contributed by atoms with Crippen molar-refractivity contribution in [2.45, 2.75) is 77.6 Å². The zero-order chi connectivity index (χ0) is 26.3. The van der Waals surface area contributed by atoms with Gasteiger partial charge in [0.1, 0.15) is 0 Å². The Morgan fingerprint density at radius 3 is 2.19 bits per heavy atom. The van der Waals surface area contributed by atoms with E-state index in [9.17, 15) is 9.59 Å². The zero-order valence-electron chi connectivity index (χ0n) is 22.2. The average molecular weight is 497 g/mol. The van der Waals surface area contributed by atoms with Crippen LogP contribution in [0.2, 0.25) is 0 Å². The summed E-state index contributed by atoms with van der Waals surface area (Å²) < 4.78 is 10.6. The van der Waals surface area contributed by atoms with Crippen LogP contribution in [0.4, 0.5) is 0 Å². The highest BCUT2D eigenvalue weighted by atomic mass is 16.5. The van der Waals surface area contributed by atoms with Gasteiger partial charge in [-0.15, -0.1) is 0 Å². The molecule has 0 saturated heterocycles. The maximum Gasteiger partial charge on any atom is 0.335 e. The van der Waals surface area contributed by atoms with Gasteiger partial charge in [0.25, 0.3) is 0 Å². The van der Waals surface area contributed by atoms with Crippen molar-refractivity contribution in [3.63, 3.8) is 0 Å². The van der Waals surface area contributed by atoms with Crippen LogP contribution >= 0.6 is 0 Å². The molecule has 5 heteroatoms. The number of aliphatic hydroxyl groups excluding tert-OH is 1. The van der Waals surface area contributed by atoms with Gasteiger partial charge in [0.2, 0.25) is 0 Å². The molecule has 1 aromatic carbocycles. The molecule has 2 rings (SSSR count). The lowest BCUT2D eigenvalue weighted by atomic mass is 9.75. The molecule has 0 aliphatic heterocycles. The van der Waals surface area contributed by atoms with Crippen LogP contribution in [0.5, 0.6) is 0 Å². The largest absolute Gasteiger partial charge is 0.462 e. The number of benzene rings is 1. The van der Waals surface area contributed by atoms with E-state index in [2.05, 4.69) is 56.5 Å². The van der Waals surface area contributed by atoms with E-state index in [1.54, 1.807) is 6.92 Å². The Morgan fingerprint density at radius 1 is 1.03 bits per heavy atom. The Kier molecular flexibility index (Phi) is 13.3. The quantitative estimate of drug-likeness (QED) is 0.171. The van der Waals surface area contributed by atoms with E-state index in [0.717, 1.165) is 25.7 Å². The summed E-state index contributed by atoms with van der Waals surface area (Å²) in [6, 6.07) is 9.17. The number of carbonyl (C=O) groups is 2. The first-order valence-corrected chi connectivity index (χ1v) is 13.3. The second-order valence-corrected chi connectivity index (χ2v) is 10.1. The summed E-state index contributed by atoms with van der Waals surface area (Å²) in [6.07, 6.45) is 13.7. The fourth-order valence-electron chi connectivity index (χ4n) is 4.88. The van der Waals surface area contributed by atoms with Gasteiger partial charge in [0, 0.05) is 5.57 Å². The van der Waals surface area contributed by atoms with E-state index in [-0.39, 0.29) is 24.1 Å². The van der Waals surface area contributed by atoms with Crippen LogP contribution in [0.1, 0.15) is 82.3 Å². The second-order valence-electron chi connectivity index (χ2n) is 10.1. The number of carbonyl (C=O) groups excluding carboxylic acids is 2. The minimum Gasteiger partial charge on any atom is -0.462 e. The fraction of sp³-hybridized carbons (Fsp3) is 0.548. The summed E-state index contributed by atoms with van der Waals surface area (Å²) in [5.74, 6) is 0.597. The lowest BCUT2D eigenvalue weighted by molar-refractivity contribution is -0.139. The number of aryl methyl sites for hydroxylation is 1. The highest BCUT2D eigenvalue weighted by Crippen LogP contribution is 2.39. The maximum absolute atomic E-state index is 11.8. The van der Waals surface area contributed by atoms with Gasteiger partial charge in [0.15, 0.2) is 0 Å². The molecule has 0 amide bonds. The Hall–Kier alpha value is -2.66. The number of ether oxygens (including phenoxy) is 2. The fourth-order valence-corrected chi connectivity index (χ4v) is 4.88. The van der Waals surface area contributed by atoms with Crippen LogP contribution in [0.15, 0.2) is 60.7 Å². The van der Waals surface area contributed by atoms with Crippen molar-refractivity contribution in [2.24, 2.45) is 11.8 Å². The number of aliphatic hydroxyl groups is 1. The smallest absolute Gasteiger partial charge is 0.335 e. The van der Waals surface area contributed by atoms with Crippen molar-refractivity contribution in [3.05, 3.63) is 71.8 Å². The van der Waals surface area contributed by atoms with Crippen molar-refractivity contribution < 1.29 is 24.2 Å². The molecule has 1 fully saturated rings. The highest BCUT2D eigenvalue weighted by Gasteiger charge is 2.25. The summed E-state index contributed by atoms with van der Waals surface area (Å²) in [5, 5.41) is 9.05. The summed E-state index contributed by atoms with van der Waals surface area (Å²) in [4.78, 5) is 23.6. The normalized spacial score (nSPS) is 18.5. The SMILES string of the molecule is C=C(C)C(=O)OCCC(CCOC(=O)C(=C)CO)CC1CCC(c2ccc(CC/C=C/C)cc2)CC1. The molecule has 1 aliphatic rings. The molecule has 1 aromatic rings. The van der Waals surface area contributed by atoms with E-state index >= 15 is 0 Å². The summed E-state index contributed by atoms with van der Waals surface area (Å²) in [5.41, 5.74) is 3.30. The third-order valence-electron chi connectivity index (χ3n) is 7.15. The monoisotopic (exact) mass is 496 g/mol. The van der Waals surface area contributed by atoms with E-state index in [1.807, 2.05) is 0 Å². The third-order valence-corrected chi connectivity index (χ3v) is 7.15. The van der Waals surface area contributed by atoms with Crippen LogP contribution in [0.25, 0.3) is 0 Å². The Balaban J connectivity index is 1.85. The molecule has 5 nitrogen and oxygen atoms in total. The highest BCUT2D eigenvalue weighted by molar-refractivity contribution is 5.88. The van der Waals surface area contributed by atoms with Crippen molar-refractivity contribution in [1.29, 1.82) is 0 Å². The molecule has 0 spiro atoms. The molecule has 1 atom stereocenters. The van der Waals surface area contributed by atoms with E-state index in [0.29, 0.717) is 30.4 Å². The molecule has 1 unspecified atom stereocenters. The van der Waals surface area contributed by atoms with Gasteiger partial charge < -0.3 is 14.6 Å². The van der Waals surface area contributed by atoms with Crippen LogP contribution in [-0.2, 0) is 25.5 Å². The number of rotatable bonds is 15. The molecule has 0 bridgehead atoms. The van der Waals surface area contributed by atoms with Gasteiger partial charge in [-0.2, -0.15) is 0 Å². The van der Waals surface area contributed by atoms with Gasteiger partial charge in [-0.25, -0.2) is 9.59 Å². The predicted octanol–water partition coefficient (Wildman–Crippen LogP) is 6.47. The lowest BCUT2D eigenvalue weighted by Gasteiger charge is -2.31. The lowest BCUT2D eigenvalue weighted by Crippen LogP contribution is -2.20. The molecule has 36 heavy (non-hydrogen) atoms. The Bertz CT molecular complexity index is 875. The number of hydrogen-bond acceptors (Lipinski definition) is 5. The molecule has 1 saturated carbocycles. The minimum absolute atomic E-state index is 0.0612. The molecular weight excluding hydrogens is 452 g/mol. The maximum atomic E-state index is 11.8. The predicted molar refractivity (Wildman–Crippen MR) is 145 cm³/mol. The van der Waals surface area contributed by atoms with Gasteiger partial charge >= 0.3 is 11.9 Å². The molecule has 0 aromatic heterocycles. The standard InChI is InChI=1S/C31H44O5/c1-5-6-7-8-25-9-13-28(14-10-25)29-15-11-26(12-16-29)21-27(17-19-35-30(33)23(2)3)18-20-36-31(34)24(4)22-32/h5-6,9-10,13-14,26-27,29,32H,2,4,7-8,11-12,15-22H2,1,3H3/b6-5+. The molecule has 198 valence electrons. The Morgan fingerprint density at radius 2 is 1.64 bits per heavy atom. The van der Waals surface area contributed by atoms with Crippen LogP contribution in [0.3, 0.4) is 0 Å². The first kappa shape index (κ1) is 29.6. The van der Waals surface area contributed by atoms with Crippen molar-refractivity contribution in [2.75, 3.05) is 19.8 Å². The topological polar surface area (TPSA) is 72.8 Å². The summed E-state index contributed by atoms with van der Waals surface area (Å²) in [7, 11) is 0. The number of esters is 2. The van der Waals surface area contributed by atoms with Crippen LogP contribution < -0.4 is 0 Å². The second kappa shape index (κ2) is 16.2. The third kappa shape index (κ3) is 10.5. The van der Waals surface area contributed by atoms with E-state index in [1.165, 1.54) is 36.8 Å². The van der Waals surface area contributed by atoms with Crippen molar-refractivity contribution in [1.82, 2.24) is 0 Å². The summed E-state index contributed by atoms with van der Waals surface area (Å²) in [6.45, 7) is 11.0. The van der Waals surface area contributed by atoms with E-state index < -0.39 is 12.6 Å². The van der Waals surface area contributed by atoms with Gasteiger partial charge in [-0.1, -0.05) is 49.6 Å². The number of allylic oxidation sites excluding steroid dienone is 2. The van der Waals surface area contributed by atoms with Crippen LogP contribution in [0, 0.1) is 11.8 Å². The van der Waals surface area contributed by atoms with E-state index in [4.69, 9.17) is 14.6 Å². The molecule has 1 aliphatic carbocycles.